The van der Waals surface area contributed by atoms with Crippen LogP contribution >= 0.6 is 11.8 Å². The Morgan fingerprint density at radius 3 is 2.49 bits per heavy atom. The number of nitrogens with zero attached hydrogens (tertiary/aromatic N) is 1. The van der Waals surface area contributed by atoms with Crippen molar-refractivity contribution in [3.8, 4) is 12.3 Å². The van der Waals surface area contributed by atoms with Crippen LogP contribution in [0.3, 0.4) is 0 Å². The van der Waals surface area contributed by atoms with Crippen molar-refractivity contribution >= 4 is 41.3 Å². The highest BCUT2D eigenvalue weighted by atomic mass is 32.2. The number of carbonyl (C=O) groups excluding carboxylic acids is 5. The molecule has 1 saturated carbocycles. The number of amides is 5. The first-order valence-corrected chi connectivity index (χ1v) is 12.6. The Labute approximate surface area is 210 Å². The number of hydrogen-bond donors (Lipinski definition) is 4. The predicted octanol–water partition coefficient (Wildman–Crippen LogP) is 0.377. The first-order valence-electron chi connectivity index (χ1n) is 11.6. The van der Waals surface area contributed by atoms with E-state index in [-0.39, 0.29) is 24.1 Å². The number of rotatable bonds is 10. The van der Waals surface area contributed by atoms with Gasteiger partial charge >= 0.3 is 6.03 Å². The van der Waals surface area contributed by atoms with E-state index >= 15 is 0 Å². The number of thioether (sulfide) groups is 1. The third-order valence-electron chi connectivity index (χ3n) is 6.32. The van der Waals surface area contributed by atoms with Gasteiger partial charge in [0.15, 0.2) is 0 Å². The second kappa shape index (κ2) is 12.1. The van der Waals surface area contributed by atoms with Crippen LogP contribution in [0.4, 0.5) is 4.79 Å². The van der Waals surface area contributed by atoms with Gasteiger partial charge in [0, 0.05) is 13.1 Å². The fourth-order valence-electron chi connectivity index (χ4n) is 4.72. The lowest BCUT2D eigenvalue weighted by Crippen LogP contribution is -2.60. The van der Waals surface area contributed by atoms with Gasteiger partial charge in [-0.05, 0) is 30.1 Å². The number of primary amides is 1. The lowest BCUT2D eigenvalue weighted by atomic mass is 9.85. The fraction of sp³-hybridized carbons (Fsp3) is 0.625. The van der Waals surface area contributed by atoms with Crippen LogP contribution in [0.2, 0.25) is 0 Å². The third-order valence-corrected chi connectivity index (χ3v) is 7.32. The van der Waals surface area contributed by atoms with E-state index in [1.807, 2.05) is 0 Å². The summed E-state index contributed by atoms with van der Waals surface area (Å²) in [5.41, 5.74) is 4.66. The highest BCUT2D eigenvalue weighted by Crippen LogP contribution is 2.43. The van der Waals surface area contributed by atoms with Gasteiger partial charge in [-0.15, -0.1) is 24.8 Å². The molecule has 1 aliphatic heterocycles. The van der Waals surface area contributed by atoms with Crippen LogP contribution in [0, 0.1) is 29.6 Å². The van der Waals surface area contributed by atoms with E-state index in [2.05, 4.69) is 28.4 Å². The first kappa shape index (κ1) is 28.2. The van der Waals surface area contributed by atoms with Gasteiger partial charge in [0.2, 0.25) is 11.8 Å². The molecule has 1 heterocycles. The smallest absolute Gasteiger partial charge is 0.312 e. The zero-order valence-electron chi connectivity index (χ0n) is 20.5. The van der Waals surface area contributed by atoms with Crippen molar-refractivity contribution in [1.29, 1.82) is 0 Å². The minimum atomic E-state index is -1.21. The van der Waals surface area contributed by atoms with Crippen LogP contribution in [0.25, 0.3) is 0 Å². The topological polar surface area (TPSA) is 151 Å². The molecule has 0 aromatic carbocycles. The number of likely N-dealkylation sites (tertiary alicyclic amines) is 1. The van der Waals surface area contributed by atoms with E-state index in [9.17, 15) is 24.0 Å². The van der Waals surface area contributed by atoms with Gasteiger partial charge in [-0.1, -0.05) is 39.2 Å². The van der Waals surface area contributed by atoms with Gasteiger partial charge in [-0.2, -0.15) is 0 Å². The van der Waals surface area contributed by atoms with Crippen LogP contribution in [-0.4, -0.2) is 70.7 Å². The average molecular weight is 506 g/mol. The van der Waals surface area contributed by atoms with Crippen molar-refractivity contribution in [1.82, 2.24) is 20.9 Å². The van der Waals surface area contributed by atoms with E-state index in [1.165, 1.54) is 11.0 Å². The molecule has 10 nitrogen and oxygen atoms in total. The Bertz CT molecular complexity index is 909. The Kier molecular flexibility index (Phi) is 9.77. The molecule has 2 aliphatic rings. The van der Waals surface area contributed by atoms with Crippen molar-refractivity contribution in [3.63, 3.8) is 0 Å². The number of carbonyl (C=O) groups is 5. The molecule has 0 spiro atoms. The number of hydrogen-bond acceptors (Lipinski definition) is 6. The molecule has 1 aliphatic carbocycles. The highest BCUT2D eigenvalue weighted by molar-refractivity contribution is 8.00. The normalized spacial score (nSPS) is 22.8. The molecule has 1 unspecified atom stereocenters. The Balaban J connectivity index is 2.30. The van der Waals surface area contributed by atoms with Gasteiger partial charge in [0.05, 0.1) is 5.75 Å². The number of ketones is 1. The molecule has 35 heavy (non-hydrogen) atoms. The van der Waals surface area contributed by atoms with Crippen LogP contribution < -0.4 is 21.7 Å². The molecule has 5 atom stereocenters. The number of nitrogens with two attached hydrogens (primary N) is 1. The molecular weight excluding hydrogens is 470 g/mol. The second-order valence-electron chi connectivity index (χ2n) is 9.86. The lowest BCUT2D eigenvalue weighted by Gasteiger charge is -2.36. The molecule has 5 amide bonds. The van der Waals surface area contributed by atoms with Crippen LogP contribution in [0.1, 0.15) is 40.0 Å². The number of Topliss-reactive ketones (excluding diaryl/α,β-unsaturated/α-hetero) is 1. The number of fused-ring (bicyclic) bond motifs is 1. The molecule has 0 aromatic heterocycles. The Hall–Kier alpha value is -3.00. The largest absolute Gasteiger partial charge is 0.352 e. The zero-order chi connectivity index (χ0) is 26.3. The summed E-state index contributed by atoms with van der Waals surface area (Å²) in [6.45, 7) is 9.34. The molecule has 5 N–H and O–H groups in total. The fourth-order valence-corrected chi connectivity index (χ4v) is 5.45. The Morgan fingerprint density at radius 1 is 1.23 bits per heavy atom. The maximum Gasteiger partial charge on any atom is 0.312 e. The summed E-state index contributed by atoms with van der Waals surface area (Å²) in [5.74, 6) is -0.119. The summed E-state index contributed by atoms with van der Waals surface area (Å²) in [7, 11) is 0. The van der Waals surface area contributed by atoms with E-state index in [0.717, 1.165) is 31.0 Å². The summed E-state index contributed by atoms with van der Waals surface area (Å²) in [6, 6.07) is -2.61. The molecule has 192 valence electrons. The van der Waals surface area contributed by atoms with E-state index < -0.39 is 52.4 Å². The monoisotopic (exact) mass is 505 g/mol. The standard InChI is InChI=1S/C24H35N5O5S/c1-6-11-26-20(32)17(30)21(35-12-7-2)28-19(31)16-15-10-8-9-14(15)13-29(16)22(33)18(24(3,4)5)27-23(25)34/h2,6,14-16,18,21H,1,8-13H2,3-5H3,(H,26,32)(H,28,31)(H3,25,27,34)/t14-,15-,16-,18+,21?/m0/s1. The van der Waals surface area contributed by atoms with Gasteiger partial charge in [-0.3, -0.25) is 19.2 Å². The molecule has 11 heteroatoms. The summed E-state index contributed by atoms with van der Waals surface area (Å²) in [5, 5.41) is 6.37. The van der Waals surface area contributed by atoms with E-state index in [0.29, 0.717) is 6.54 Å². The summed E-state index contributed by atoms with van der Waals surface area (Å²) in [4.78, 5) is 65.2. The minimum absolute atomic E-state index is 0.0869. The SMILES string of the molecule is C#CCSC(NC(=O)[C@@H]1[C@H]2CCC[C@H]2CN1C(=O)[C@@H](NC(N)=O)C(C)(C)C)C(=O)C(=O)NCC=C. The van der Waals surface area contributed by atoms with E-state index in [1.54, 1.807) is 20.8 Å². The minimum Gasteiger partial charge on any atom is -0.352 e. The molecule has 1 saturated heterocycles. The average Bonchev–Trinajstić information content (AvgIpc) is 3.38. The molecule has 2 fully saturated rings. The zero-order valence-corrected chi connectivity index (χ0v) is 21.3. The van der Waals surface area contributed by atoms with Crippen LogP contribution in [-0.2, 0) is 19.2 Å². The lowest BCUT2D eigenvalue weighted by molar-refractivity contribution is -0.143. The van der Waals surface area contributed by atoms with Crippen molar-refractivity contribution < 1.29 is 24.0 Å². The quantitative estimate of drug-likeness (QED) is 0.146. The molecule has 0 aromatic rings. The maximum absolute atomic E-state index is 13.6. The predicted molar refractivity (Wildman–Crippen MR) is 134 cm³/mol. The van der Waals surface area contributed by atoms with Gasteiger partial charge in [0.25, 0.3) is 11.7 Å². The van der Waals surface area contributed by atoms with Gasteiger partial charge in [-0.25, -0.2) is 4.79 Å². The van der Waals surface area contributed by atoms with Crippen molar-refractivity contribution in [3.05, 3.63) is 12.7 Å². The van der Waals surface area contributed by atoms with Gasteiger partial charge < -0.3 is 26.6 Å². The van der Waals surface area contributed by atoms with Crippen LogP contribution in [0.15, 0.2) is 12.7 Å². The van der Waals surface area contributed by atoms with Crippen molar-refractivity contribution in [2.45, 2.75) is 57.5 Å². The number of nitrogens with one attached hydrogen (secondary N) is 3. The first-order chi connectivity index (χ1) is 16.4. The summed E-state index contributed by atoms with van der Waals surface area (Å²) >= 11 is 0.951. The Morgan fingerprint density at radius 2 is 1.91 bits per heavy atom. The molecule has 0 radical (unpaired) electrons. The summed E-state index contributed by atoms with van der Waals surface area (Å²) in [6.07, 6.45) is 9.32. The van der Waals surface area contributed by atoms with Gasteiger partial charge in [0.1, 0.15) is 17.5 Å². The van der Waals surface area contributed by atoms with Crippen molar-refractivity contribution in [2.75, 3.05) is 18.8 Å². The summed E-state index contributed by atoms with van der Waals surface area (Å²) < 4.78 is 0. The maximum atomic E-state index is 13.6. The number of terminal acetylenes is 1. The third kappa shape index (κ3) is 7.01. The molecular formula is C24H35N5O5S. The molecule has 0 bridgehead atoms. The highest BCUT2D eigenvalue weighted by Gasteiger charge is 2.52. The van der Waals surface area contributed by atoms with Crippen molar-refractivity contribution in [2.24, 2.45) is 23.0 Å². The number of urea groups is 1. The second-order valence-corrected chi connectivity index (χ2v) is 11.0. The van der Waals surface area contributed by atoms with E-state index in [4.69, 9.17) is 12.2 Å². The molecule has 2 rings (SSSR count). The van der Waals surface area contributed by atoms with Crippen LogP contribution in [0.5, 0.6) is 0 Å².